The molecule has 3 heteroatoms. The van der Waals surface area contributed by atoms with Gasteiger partial charge in [0, 0.05) is 13.2 Å². The van der Waals surface area contributed by atoms with E-state index in [4.69, 9.17) is 10.5 Å². The van der Waals surface area contributed by atoms with Crippen LogP contribution in [0, 0.1) is 11.8 Å². The van der Waals surface area contributed by atoms with Gasteiger partial charge in [-0.2, -0.15) is 0 Å². The lowest BCUT2D eigenvalue weighted by Gasteiger charge is -2.31. The molecule has 1 heterocycles. The maximum Gasteiger partial charge on any atom is 0.0572 e. The van der Waals surface area contributed by atoms with Crippen LogP contribution in [0.4, 0.5) is 0 Å². The second-order valence-electron chi connectivity index (χ2n) is 3.62. The minimum Gasteiger partial charge on any atom is -0.381 e. The van der Waals surface area contributed by atoms with Gasteiger partial charge in [0.25, 0.3) is 0 Å². The topological polar surface area (TPSA) is 47.3 Å². The van der Waals surface area contributed by atoms with Gasteiger partial charge in [0.15, 0.2) is 0 Å². The Kier molecular flexibility index (Phi) is 3.98. The van der Waals surface area contributed by atoms with Crippen LogP contribution in [-0.2, 0) is 4.74 Å². The third-order valence-electron chi connectivity index (χ3n) is 2.91. The second-order valence-corrected chi connectivity index (χ2v) is 3.62. The van der Waals surface area contributed by atoms with E-state index < -0.39 is 0 Å². The van der Waals surface area contributed by atoms with Crippen molar-refractivity contribution < 1.29 is 4.74 Å². The summed E-state index contributed by atoms with van der Waals surface area (Å²) in [6.45, 7) is 4.04. The van der Waals surface area contributed by atoms with Crippen LogP contribution in [0.2, 0.25) is 0 Å². The minimum atomic E-state index is 0.132. The van der Waals surface area contributed by atoms with Crippen LogP contribution in [0.5, 0.6) is 0 Å². The molecular formula is C9H20N2O. The van der Waals surface area contributed by atoms with Crippen molar-refractivity contribution in [1.29, 1.82) is 0 Å². The molecule has 0 amide bonds. The van der Waals surface area contributed by atoms with E-state index in [1.54, 1.807) is 0 Å². The third-order valence-corrected chi connectivity index (χ3v) is 2.91. The Morgan fingerprint density at radius 3 is 2.50 bits per heavy atom. The van der Waals surface area contributed by atoms with Gasteiger partial charge in [0.05, 0.1) is 6.17 Å². The fourth-order valence-electron chi connectivity index (χ4n) is 1.80. The molecule has 1 fully saturated rings. The molecule has 3 nitrogen and oxygen atoms in total. The first kappa shape index (κ1) is 9.96. The van der Waals surface area contributed by atoms with Crippen LogP contribution in [0.1, 0.15) is 19.8 Å². The van der Waals surface area contributed by atoms with E-state index in [1.807, 2.05) is 7.05 Å². The number of rotatable bonds is 3. The standard InChI is InChI=1S/C9H20N2O/c1-7(9(10)11-2)8-3-5-12-6-4-8/h7-9,11H,3-6,10H2,1-2H3. The molecule has 2 atom stereocenters. The highest BCUT2D eigenvalue weighted by Crippen LogP contribution is 2.24. The van der Waals surface area contributed by atoms with E-state index in [1.165, 1.54) is 0 Å². The average Bonchev–Trinajstić information content (AvgIpc) is 2.17. The molecule has 1 saturated heterocycles. The summed E-state index contributed by atoms with van der Waals surface area (Å²) in [6.07, 6.45) is 2.46. The first-order valence-electron chi connectivity index (χ1n) is 4.76. The van der Waals surface area contributed by atoms with Crippen LogP contribution >= 0.6 is 0 Å². The van der Waals surface area contributed by atoms with Crippen molar-refractivity contribution in [2.75, 3.05) is 20.3 Å². The summed E-state index contributed by atoms with van der Waals surface area (Å²) < 4.78 is 5.30. The van der Waals surface area contributed by atoms with E-state index in [-0.39, 0.29) is 6.17 Å². The normalized spacial score (nSPS) is 25.2. The summed E-state index contributed by atoms with van der Waals surface area (Å²) in [5.74, 6) is 1.29. The van der Waals surface area contributed by atoms with Gasteiger partial charge >= 0.3 is 0 Å². The van der Waals surface area contributed by atoms with Gasteiger partial charge in [-0.05, 0) is 31.7 Å². The Balaban J connectivity index is 2.33. The zero-order valence-corrected chi connectivity index (χ0v) is 8.05. The maximum absolute atomic E-state index is 5.90. The van der Waals surface area contributed by atoms with E-state index >= 15 is 0 Å². The third kappa shape index (κ3) is 2.44. The SMILES string of the molecule is CNC(N)C(C)C1CCOCC1. The molecule has 0 saturated carbocycles. The zero-order chi connectivity index (χ0) is 8.97. The Hall–Kier alpha value is -0.120. The highest BCUT2D eigenvalue weighted by Gasteiger charge is 2.23. The van der Waals surface area contributed by atoms with Gasteiger partial charge in [0.1, 0.15) is 0 Å². The molecule has 1 rings (SSSR count). The zero-order valence-electron chi connectivity index (χ0n) is 8.05. The summed E-state index contributed by atoms with van der Waals surface area (Å²) in [5, 5.41) is 3.10. The largest absolute Gasteiger partial charge is 0.381 e. The van der Waals surface area contributed by atoms with E-state index in [9.17, 15) is 0 Å². The molecule has 72 valence electrons. The van der Waals surface area contributed by atoms with Gasteiger partial charge in [0.2, 0.25) is 0 Å². The molecule has 0 radical (unpaired) electrons. The van der Waals surface area contributed by atoms with Crippen molar-refractivity contribution in [3.8, 4) is 0 Å². The first-order chi connectivity index (χ1) is 5.75. The van der Waals surface area contributed by atoms with E-state index in [0.29, 0.717) is 5.92 Å². The van der Waals surface area contributed by atoms with Crippen LogP contribution < -0.4 is 11.1 Å². The van der Waals surface area contributed by atoms with Crippen molar-refractivity contribution in [3.05, 3.63) is 0 Å². The van der Waals surface area contributed by atoms with Crippen LogP contribution in [0.25, 0.3) is 0 Å². The average molecular weight is 172 g/mol. The number of hydrogen-bond acceptors (Lipinski definition) is 3. The van der Waals surface area contributed by atoms with Gasteiger partial charge in [-0.3, -0.25) is 0 Å². The molecule has 0 aromatic carbocycles. The highest BCUT2D eigenvalue weighted by molar-refractivity contribution is 4.75. The number of nitrogens with one attached hydrogen (secondary N) is 1. The fraction of sp³-hybridized carbons (Fsp3) is 1.00. The highest BCUT2D eigenvalue weighted by atomic mass is 16.5. The maximum atomic E-state index is 5.90. The monoisotopic (exact) mass is 172 g/mol. The molecule has 0 aromatic heterocycles. The van der Waals surface area contributed by atoms with Crippen molar-refractivity contribution in [2.45, 2.75) is 25.9 Å². The predicted octanol–water partition coefficient (Wildman–Crippen LogP) is 0.553. The van der Waals surface area contributed by atoms with E-state index in [0.717, 1.165) is 32.0 Å². The molecule has 1 aliphatic heterocycles. The molecule has 0 aliphatic carbocycles. The van der Waals surface area contributed by atoms with Crippen molar-refractivity contribution in [2.24, 2.45) is 17.6 Å². The van der Waals surface area contributed by atoms with Crippen LogP contribution in [0.15, 0.2) is 0 Å². The quantitative estimate of drug-likeness (QED) is 0.611. The van der Waals surface area contributed by atoms with Gasteiger partial charge in [-0.25, -0.2) is 0 Å². The predicted molar refractivity (Wildman–Crippen MR) is 49.7 cm³/mol. The number of nitrogens with two attached hydrogens (primary N) is 1. The molecule has 3 N–H and O–H groups in total. The smallest absolute Gasteiger partial charge is 0.0572 e. The Bertz CT molecular complexity index is 124. The van der Waals surface area contributed by atoms with Crippen LogP contribution in [0.3, 0.4) is 0 Å². The molecule has 2 unspecified atom stereocenters. The Labute approximate surface area is 74.7 Å². The molecule has 0 aromatic rings. The number of ether oxygens (including phenoxy) is 1. The molecule has 1 aliphatic rings. The lowest BCUT2D eigenvalue weighted by molar-refractivity contribution is 0.0434. The van der Waals surface area contributed by atoms with Crippen LogP contribution in [-0.4, -0.2) is 26.4 Å². The lowest BCUT2D eigenvalue weighted by Crippen LogP contribution is -2.44. The van der Waals surface area contributed by atoms with Gasteiger partial charge in [-0.15, -0.1) is 0 Å². The summed E-state index contributed by atoms with van der Waals surface area (Å²) in [7, 11) is 1.92. The minimum absolute atomic E-state index is 0.132. The molecular weight excluding hydrogens is 152 g/mol. The van der Waals surface area contributed by atoms with Crippen molar-refractivity contribution in [1.82, 2.24) is 5.32 Å². The lowest BCUT2D eigenvalue weighted by atomic mass is 9.85. The van der Waals surface area contributed by atoms with Crippen molar-refractivity contribution >= 4 is 0 Å². The Morgan fingerprint density at radius 1 is 1.42 bits per heavy atom. The summed E-state index contributed by atoms with van der Waals surface area (Å²) in [4.78, 5) is 0. The first-order valence-corrected chi connectivity index (χ1v) is 4.76. The summed E-state index contributed by atoms with van der Waals surface area (Å²) in [5.41, 5.74) is 5.90. The summed E-state index contributed by atoms with van der Waals surface area (Å²) in [6, 6.07) is 0. The van der Waals surface area contributed by atoms with Crippen molar-refractivity contribution in [3.63, 3.8) is 0 Å². The second kappa shape index (κ2) is 4.80. The molecule has 12 heavy (non-hydrogen) atoms. The fourth-order valence-corrected chi connectivity index (χ4v) is 1.80. The van der Waals surface area contributed by atoms with E-state index in [2.05, 4.69) is 12.2 Å². The van der Waals surface area contributed by atoms with Gasteiger partial charge in [-0.1, -0.05) is 6.92 Å². The Morgan fingerprint density at radius 2 is 2.00 bits per heavy atom. The molecule has 0 bridgehead atoms. The van der Waals surface area contributed by atoms with Gasteiger partial charge < -0.3 is 15.8 Å². The summed E-state index contributed by atoms with van der Waals surface area (Å²) >= 11 is 0. The molecule has 0 spiro atoms. The number of hydrogen-bond donors (Lipinski definition) is 2.